The van der Waals surface area contributed by atoms with Gasteiger partial charge in [0, 0.05) is 20.3 Å². The van der Waals surface area contributed by atoms with E-state index in [-0.39, 0.29) is 0 Å². The molecule has 0 saturated heterocycles. The van der Waals surface area contributed by atoms with Crippen molar-refractivity contribution in [3.05, 3.63) is 58.6 Å². The largest absolute Gasteiger partial charge is 0.349 e. The van der Waals surface area contributed by atoms with Gasteiger partial charge >= 0.3 is 0 Å². The highest BCUT2D eigenvalue weighted by molar-refractivity contribution is 9.10. The van der Waals surface area contributed by atoms with Crippen LogP contribution in [0.3, 0.4) is 0 Å². The second kappa shape index (κ2) is 5.12. The summed E-state index contributed by atoms with van der Waals surface area (Å²) in [5.74, 6) is 0. The van der Waals surface area contributed by atoms with E-state index in [0.29, 0.717) is 5.56 Å². The average molecular weight is 329 g/mol. The van der Waals surface area contributed by atoms with Crippen LogP contribution in [-0.2, 0) is 0 Å². The van der Waals surface area contributed by atoms with Gasteiger partial charge < -0.3 is 4.98 Å². The first-order chi connectivity index (χ1) is 9.24. The van der Waals surface area contributed by atoms with Gasteiger partial charge in [0.2, 0.25) is 0 Å². The Morgan fingerprint density at radius 2 is 1.95 bits per heavy atom. The maximum atomic E-state index is 8.98. The highest BCUT2D eigenvalue weighted by Crippen LogP contribution is 2.32. The second-order valence-electron chi connectivity index (χ2n) is 4.11. The van der Waals surface area contributed by atoms with E-state index in [0.717, 1.165) is 19.9 Å². The number of H-pyrrole nitrogens is 1. The summed E-state index contributed by atoms with van der Waals surface area (Å²) in [6, 6.07) is 18.2. The van der Waals surface area contributed by atoms with E-state index in [1.807, 2.05) is 30.3 Å². The summed E-state index contributed by atoms with van der Waals surface area (Å²) < 4.78 is 0.921. The third kappa shape index (κ3) is 2.67. The molecule has 1 aromatic heterocycles. The van der Waals surface area contributed by atoms with E-state index < -0.39 is 0 Å². The van der Waals surface area contributed by atoms with Crippen LogP contribution in [0.2, 0.25) is 0 Å². The molecule has 3 rings (SSSR count). The predicted octanol–water partition coefficient (Wildman–Crippen LogP) is 4.95. The number of nitrogens with zero attached hydrogens (tertiary/aromatic N) is 1. The minimum atomic E-state index is 0.660. The highest BCUT2D eigenvalue weighted by atomic mass is 79.9. The molecule has 0 unspecified atom stereocenters. The first kappa shape index (κ1) is 12.3. The minimum absolute atomic E-state index is 0.660. The van der Waals surface area contributed by atoms with Crippen LogP contribution >= 0.6 is 27.7 Å². The lowest BCUT2D eigenvalue weighted by molar-refractivity contribution is 1.23. The van der Waals surface area contributed by atoms with Crippen molar-refractivity contribution < 1.29 is 0 Å². The summed E-state index contributed by atoms with van der Waals surface area (Å²) in [4.78, 5) is 4.41. The Labute approximate surface area is 123 Å². The van der Waals surface area contributed by atoms with E-state index in [1.54, 1.807) is 11.8 Å². The molecule has 2 nitrogen and oxygen atoms in total. The Kier molecular flexibility index (Phi) is 3.33. The van der Waals surface area contributed by atoms with Gasteiger partial charge in [0.25, 0.3) is 0 Å². The van der Waals surface area contributed by atoms with E-state index in [1.165, 1.54) is 5.39 Å². The molecule has 0 atom stereocenters. The highest BCUT2D eigenvalue weighted by Gasteiger charge is 2.04. The summed E-state index contributed by atoms with van der Waals surface area (Å²) in [6.45, 7) is 0. The fraction of sp³-hybridized carbons (Fsp3) is 0. The van der Waals surface area contributed by atoms with Gasteiger partial charge in [0.15, 0.2) is 0 Å². The van der Waals surface area contributed by atoms with Crippen molar-refractivity contribution in [2.24, 2.45) is 0 Å². The van der Waals surface area contributed by atoms with Crippen LogP contribution in [0.5, 0.6) is 0 Å². The molecule has 19 heavy (non-hydrogen) atoms. The zero-order valence-corrected chi connectivity index (χ0v) is 12.3. The Morgan fingerprint density at radius 3 is 2.74 bits per heavy atom. The fourth-order valence-corrected chi connectivity index (χ4v) is 3.53. The number of rotatable bonds is 2. The first-order valence-corrected chi connectivity index (χ1v) is 7.32. The normalized spacial score (nSPS) is 10.5. The number of aromatic amines is 1. The predicted molar refractivity (Wildman–Crippen MR) is 81.3 cm³/mol. The topological polar surface area (TPSA) is 39.6 Å². The number of nitriles is 1. The Morgan fingerprint density at radius 1 is 1.11 bits per heavy atom. The standard InChI is InChI=1S/C15H9BrN2S/c16-12-5-10(9-17)6-13(8-12)19-15-7-11-3-1-2-4-14(11)18-15/h1-8,18H. The van der Waals surface area contributed by atoms with Crippen LogP contribution in [-0.4, -0.2) is 4.98 Å². The molecule has 0 saturated carbocycles. The molecule has 0 fully saturated rings. The number of halogens is 1. The quantitative estimate of drug-likeness (QED) is 0.722. The molecule has 1 N–H and O–H groups in total. The lowest BCUT2D eigenvalue weighted by Gasteiger charge is -2.00. The maximum Gasteiger partial charge on any atom is 0.0992 e. The molecule has 0 aliphatic heterocycles. The number of fused-ring (bicyclic) bond motifs is 1. The van der Waals surface area contributed by atoms with Gasteiger partial charge in [-0.1, -0.05) is 45.9 Å². The van der Waals surface area contributed by atoms with Crippen LogP contribution < -0.4 is 0 Å². The van der Waals surface area contributed by atoms with Gasteiger partial charge in [0.05, 0.1) is 16.7 Å². The Bertz CT molecular complexity index is 753. The molecule has 0 bridgehead atoms. The third-order valence-electron chi connectivity index (χ3n) is 2.73. The fourth-order valence-electron chi connectivity index (χ4n) is 1.91. The lowest BCUT2D eigenvalue weighted by atomic mass is 10.2. The molecule has 4 heteroatoms. The van der Waals surface area contributed by atoms with Gasteiger partial charge in [0.1, 0.15) is 0 Å². The molecule has 92 valence electrons. The summed E-state index contributed by atoms with van der Waals surface area (Å²) in [6.07, 6.45) is 0. The van der Waals surface area contributed by atoms with Crippen LogP contribution in [0.15, 0.2) is 62.9 Å². The van der Waals surface area contributed by atoms with Crippen molar-refractivity contribution in [1.82, 2.24) is 4.98 Å². The van der Waals surface area contributed by atoms with Gasteiger partial charge in [-0.15, -0.1) is 0 Å². The van der Waals surface area contributed by atoms with Crippen molar-refractivity contribution in [2.75, 3.05) is 0 Å². The van der Waals surface area contributed by atoms with E-state index in [2.05, 4.69) is 45.2 Å². The van der Waals surface area contributed by atoms with E-state index >= 15 is 0 Å². The zero-order valence-electron chi connectivity index (χ0n) is 9.85. The van der Waals surface area contributed by atoms with Gasteiger partial charge in [-0.05, 0) is 30.3 Å². The monoisotopic (exact) mass is 328 g/mol. The van der Waals surface area contributed by atoms with Crippen LogP contribution in [0.4, 0.5) is 0 Å². The number of hydrogen-bond acceptors (Lipinski definition) is 2. The molecule has 0 spiro atoms. The summed E-state index contributed by atoms with van der Waals surface area (Å²) in [5, 5.41) is 11.2. The number of aromatic nitrogens is 1. The van der Waals surface area contributed by atoms with E-state index in [4.69, 9.17) is 5.26 Å². The maximum absolute atomic E-state index is 8.98. The molecule has 2 aromatic carbocycles. The third-order valence-corrected chi connectivity index (χ3v) is 4.10. The molecular weight excluding hydrogens is 320 g/mol. The van der Waals surface area contributed by atoms with Gasteiger partial charge in [-0.3, -0.25) is 0 Å². The number of benzene rings is 2. The molecule has 0 aliphatic rings. The molecule has 3 aromatic rings. The number of nitrogens with one attached hydrogen (secondary N) is 1. The Hall–Kier alpha value is -1.70. The number of para-hydroxylation sites is 1. The SMILES string of the molecule is N#Cc1cc(Br)cc(Sc2cc3ccccc3[nH]2)c1. The molecular formula is C15H9BrN2S. The molecule has 0 aliphatic carbocycles. The minimum Gasteiger partial charge on any atom is -0.349 e. The van der Waals surface area contributed by atoms with Gasteiger partial charge in [-0.2, -0.15) is 5.26 Å². The van der Waals surface area contributed by atoms with Crippen LogP contribution in [0.1, 0.15) is 5.56 Å². The summed E-state index contributed by atoms with van der Waals surface area (Å²) in [5.41, 5.74) is 1.79. The van der Waals surface area contributed by atoms with Crippen molar-refractivity contribution in [3.63, 3.8) is 0 Å². The Balaban J connectivity index is 1.96. The molecule has 0 radical (unpaired) electrons. The molecule has 0 amide bonds. The van der Waals surface area contributed by atoms with Crippen molar-refractivity contribution in [2.45, 2.75) is 9.92 Å². The average Bonchev–Trinajstić information content (AvgIpc) is 2.80. The van der Waals surface area contributed by atoms with Crippen molar-refractivity contribution in [3.8, 4) is 6.07 Å². The number of hydrogen-bond donors (Lipinski definition) is 1. The lowest BCUT2D eigenvalue weighted by Crippen LogP contribution is -1.78. The van der Waals surface area contributed by atoms with Crippen LogP contribution in [0, 0.1) is 11.3 Å². The summed E-state index contributed by atoms with van der Waals surface area (Å²) in [7, 11) is 0. The zero-order chi connectivity index (χ0) is 13.2. The summed E-state index contributed by atoms with van der Waals surface area (Å²) >= 11 is 5.05. The van der Waals surface area contributed by atoms with Crippen LogP contribution in [0.25, 0.3) is 10.9 Å². The molecule has 1 heterocycles. The van der Waals surface area contributed by atoms with Gasteiger partial charge in [-0.25, -0.2) is 0 Å². The van der Waals surface area contributed by atoms with Crippen molar-refractivity contribution in [1.29, 1.82) is 5.26 Å². The smallest absolute Gasteiger partial charge is 0.0992 e. The van der Waals surface area contributed by atoms with E-state index in [9.17, 15) is 0 Å². The van der Waals surface area contributed by atoms with Crippen molar-refractivity contribution >= 4 is 38.6 Å². The first-order valence-electron chi connectivity index (χ1n) is 5.71. The second-order valence-corrected chi connectivity index (χ2v) is 6.14.